The summed E-state index contributed by atoms with van der Waals surface area (Å²) in [6, 6.07) is -0.544. The lowest BCUT2D eigenvalue weighted by atomic mass is 10.2. The average Bonchev–Trinajstić information content (AvgIpc) is 3.15. The van der Waals surface area contributed by atoms with Gasteiger partial charge < -0.3 is 16.4 Å². The van der Waals surface area contributed by atoms with E-state index in [-0.39, 0.29) is 4.48 Å². The molecule has 8 nitrogen and oxygen atoms in total. The van der Waals surface area contributed by atoms with Crippen LogP contribution in [0.15, 0.2) is 31.1 Å². The number of imidazole rings is 1. The number of hydrogen-bond donors (Lipinski definition) is 2. The van der Waals surface area contributed by atoms with Gasteiger partial charge in [-0.25, -0.2) is 13.9 Å². The molecule has 146 valence electrons. The van der Waals surface area contributed by atoms with E-state index in [4.69, 9.17) is 11.5 Å². The van der Waals surface area contributed by atoms with E-state index in [1.165, 1.54) is 12.8 Å². The maximum Gasteiger partial charge on any atom is 0.420 e. The van der Waals surface area contributed by atoms with Crippen LogP contribution in [-0.2, 0) is 18.4 Å². The predicted molar refractivity (Wildman–Crippen MR) is 100 cm³/mol. The third kappa shape index (κ3) is 5.32. The fraction of sp³-hybridized carbons (Fsp3) is 0.611. The summed E-state index contributed by atoms with van der Waals surface area (Å²) < 4.78 is 4.08. The van der Waals surface area contributed by atoms with Crippen LogP contribution in [-0.4, -0.2) is 45.6 Å². The number of primary amides is 2. The van der Waals surface area contributed by atoms with Crippen molar-refractivity contribution in [2.24, 2.45) is 18.5 Å². The summed E-state index contributed by atoms with van der Waals surface area (Å²) in [5.74, 6) is -0.539. The molecular weight excluding hydrogens is 332 g/mol. The molecule has 0 radical (unpaired) electrons. The molecule has 0 fully saturated rings. The second kappa shape index (κ2) is 9.96. The Morgan fingerprint density at radius 1 is 1.19 bits per heavy atom. The third-order valence-corrected chi connectivity index (χ3v) is 4.53. The summed E-state index contributed by atoms with van der Waals surface area (Å²) in [6.07, 6.45) is 13.2. The zero-order valence-corrected chi connectivity index (χ0v) is 16.5. The van der Waals surface area contributed by atoms with E-state index in [0.29, 0.717) is 6.54 Å². The van der Waals surface area contributed by atoms with Crippen molar-refractivity contribution in [3.8, 4) is 0 Å². The van der Waals surface area contributed by atoms with E-state index in [2.05, 4.69) is 34.8 Å². The van der Waals surface area contributed by atoms with E-state index in [9.17, 15) is 9.59 Å². The van der Waals surface area contributed by atoms with Crippen molar-refractivity contribution in [2.75, 3.05) is 13.6 Å². The normalized spacial score (nSPS) is 21.4. The van der Waals surface area contributed by atoms with Gasteiger partial charge >= 0.3 is 6.03 Å². The van der Waals surface area contributed by atoms with Gasteiger partial charge in [-0.3, -0.25) is 4.79 Å². The maximum absolute atomic E-state index is 11.6. The highest BCUT2D eigenvalue weighted by Gasteiger charge is 2.50. The number of aryl methyl sites for hydroxylation is 2. The molecule has 1 aliphatic rings. The number of amides is 3. The largest absolute Gasteiger partial charge is 0.420 e. The molecule has 0 saturated carbocycles. The summed E-state index contributed by atoms with van der Waals surface area (Å²) in [7, 11) is 3.75. The van der Waals surface area contributed by atoms with Crippen LogP contribution >= 0.6 is 0 Å². The standard InChI is InChI=1S/C10H18N4O2.C8H15N2/c1-3-4-6-14(10(12)16)7-5-13(2)9(14)8(11)15;1-3-4-5-10-7-6-9(2)8-10/h5,7,9H,3-4,6H2,1-2H3,(H3-,11,12,15,16);6-8H,3-5H2,1-2H3/q;+1/p+1. The predicted octanol–water partition coefficient (Wildman–Crippen LogP) is 1.02. The molecule has 1 aliphatic heterocycles. The molecule has 0 aliphatic carbocycles. The molecule has 3 amide bonds. The minimum Gasteiger partial charge on any atom is -0.363 e. The molecular formula is C18H34N6O2+2. The van der Waals surface area contributed by atoms with Gasteiger partial charge in [0.25, 0.3) is 12.1 Å². The maximum atomic E-state index is 11.6. The first kappa shape index (κ1) is 21.7. The van der Waals surface area contributed by atoms with E-state index in [1.807, 2.05) is 14.0 Å². The van der Waals surface area contributed by atoms with Crippen LogP contribution < -0.4 is 16.0 Å². The average molecular weight is 367 g/mol. The van der Waals surface area contributed by atoms with E-state index >= 15 is 0 Å². The second-order valence-electron chi connectivity index (χ2n) is 6.76. The monoisotopic (exact) mass is 366 g/mol. The lowest BCUT2D eigenvalue weighted by Crippen LogP contribution is -2.64. The highest BCUT2D eigenvalue weighted by atomic mass is 16.2. The van der Waals surface area contributed by atoms with Crippen LogP contribution in [0.4, 0.5) is 4.79 Å². The van der Waals surface area contributed by atoms with E-state index in [1.54, 1.807) is 24.3 Å². The van der Waals surface area contributed by atoms with Gasteiger partial charge in [0.2, 0.25) is 6.33 Å². The lowest BCUT2D eigenvalue weighted by molar-refractivity contribution is -0.817. The van der Waals surface area contributed by atoms with Crippen molar-refractivity contribution in [2.45, 2.75) is 52.2 Å². The van der Waals surface area contributed by atoms with Gasteiger partial charge in [0.05, 0.1) is 26.3 Å². The van der Waals surface area contributed by atoms with Crippen LogP contribution in [0.5, 0.6) is 0 Å². The van der Waals surface area contributed by atoms with Gasteiger partial charge in [0.15, 0.2) is 0 Å². The molecule has 0 saturated heterocycles. The molecule has 0 spiro atoms. The topological polar surface area (TPSA) is 98.2 Å². The number of carbonyl (C=O) groups excluding carboxylic acids is 2. The van der Waals surface area contributed by atoms with Crippen molar-refractivity contribution in [3.63, 3.8) is 0 Å². The Morgan fingerprint density at radius 3 is 2.31 bits per heavy atom. The summed E-state index contributed by atoms with van der Waals surface area (Å²) in [5, 5.41) is 0. The van der Waals surface area contributed by atoms with Crippen molar-refractivity contribution in [1.29, 1.82) is 0 Å². The molecule has 4 N–H and O–H groups in total. The first-order valence-corrected chi connectivity index (χ1v) is 9.17. The number of rotatable bonds is 7. The summed E-state index contributed by atoms with van der Waals surface area (Å²) >= 11 is 0. The third-order valence-electron chi connectivity index (χ3n) is 4.53. The molecule has 2 unspecified atom stereocenters. The Labute approximate surface area is 156 Å². The second-order valence-corrected chi connectivity index (χ2v) is 6.76. The van der Waals surface area contributed by atoms with Crippen molar-refractivity contribution in [3.05, 3.63) is 31.1 Å². The Hall–Kier alpha value is -2.35. The number of quaternary nitrogens is 1. The highest BCUT2D eigenvalue weighted by molar-refractivity contribution is 5.81. The van der Waals surface area contributed by atoms with Crippen LogP contribution in [0.3, 0.4) is 0 Å². The zero-order chi connectivity index (χ0) is 19.7. The molecule has 26 heavy (non-hydrogen) atoms. The fourth-order valence-corrected chi connectivity index (χ4v) is 3.04. The van der Waals surface area contributed by atoms with E-state index < -0.39 is 18.1 Å². The number of unbranched alkanes of at least 4 members (excludes halogenated alkanes) is 2. The van der Waals surface area contributed by atoms with Crippen molar-refractivity contribution >= 4 is 11.9 Å². The SMILES string of the molecule is CCCC[N+]1(C(N)=O)C=CN(C)C1C(N)=O.CCCCn1cc[n+](C)c1. The highest BCUT2D eigenvalue weighted by Crippen LogP contribution is 2.25. The number of carbonyl (C=O) groups is 2. The molecule has 8 heteroatoms. The molecule has 1 aromatic heterocycles. The minimum absolute atomic E-state index is 0.195. The molecule has 0 aromatic carbocycles. The number of hydrogen-bond acceptors (Lipinski definition) is 3. The van der Waals surface area contributed by atoms with Crippen LogP contribution in [0.2, 0.25) is 0 Å². The number of likely N-dealkylation sites (N-methyl/N-ethyl adjacent to an activating group) is 1. The van der Waals surface area contributed by atoms with Gasteiger partial charge in [0.1, 0.15) is 18.6 Å². The zero-order valence-electron chi connectivity index (χ0n) is 16.5. The van der Waals surface area contributed by atoms with Crippen LogP contribution in [0.25, 0.3) is 0 Å². The smallest absolute Gasteiger partial charge is 0.363 e. The minimum atomic E-state index is -0.718. The first-order valence-electron chi connectivity index (χ1n) is 9.17. The number of nitrogens with two attached hydrogens (primary N) is 2. The fourth-order valence-electron chi connectivity index (χ4n) is 3.04. The Balaban J connectivity index is 0.000000289. The summed E-state index contributed by atoms with van der Waals surface area (Å²) in [4.78, 5) is 24.6. The molecule has 1 aromatic rings. The summed E-state index contributed by atoms with van der Waals surface area (Å²) in [5.41, 5.74) is 10.7. The molecule has 0 bridgehead atoms. The first-order chi connectivity index (χ1) is 12.3. The Kier molecular flexibility index (Phi) is 8.31. The quantitative estimate of drug-likeness (QED) is 0.557. The Morgan fingerprint density at radius 2 is 1.85 bits per heavy atom. The number of nitrogens with zero attached hydrogens (tertiary/aromatic N) is 4. The van der Waals surface area contributed by atoms with Gasteiger partial charge in [-0.05, 0) is 12.8 Å². The number of aromatic nitrogens is 2. The molecule has 2 atom stereocenters. The van der Waals surface area contributed by atoms with Gasteiger partial charge in [-0.1, -0.05) is 26.7 Å². The Bertz CT molecular complexity index is 627. The van der Waals surface area contributed by atoms with Gasteiger partial charge in [0, 0.05) is 7.05 Å². The lowest BCUT2D eigenvalue weighted by Gasteiger charge is -2.33. The van der Waals surface area contributed by atoms with Crippen LogP contribution in [0, 0.1) is 0 Å². The van der Waals surface area contributed by atoms with E-state index in [0.717, 1.165) is 19.4 Å². The van der Waals surface area contributed by atoms with Gasteiger partial charge in [-0.15, -0.1) is 0 Å². The van der Waals surface area contributed by atoms with Crippen molar-refractivity contribution in [1.82, 2.24) is 9.47 Å². The van der Waals surface area contributed by atoms with Crippen molar-refractivity contribution < 1.29 is 18.6 Å². The van der Waals surface area contributed by atoms with Gasteiger partial charge in [-0.2, -0.15) is 4.48 Å². The number of urea groups is 1. The molecule has 2 heterocycles. The molecule has 2 rings (SSSR count). The summed E-state index contributed by atoms with van der Waals surface area (Å²) in [6.45, 7) is 5.88. The van der Waals surface area contributed by atoms with Crippen LogP contribution in [0.1, 0.15) is 39.5 Å².